The van der Waals surface area contributed by atoms with Gasteiger partial charge < -0.3 is 21.1 Å². The van der Waals surface area contributed by atoms with Crippen molar-refractivity contribution in [2.24, 2.45) is 0 Å². The zero-order valence-electron chi connectivity index (χ0n) is 15.4. The van der Waals surface area contributed by atoms with E-state index in [1.165, 1.54) is 7.11 Å². The smallest absolute Gasteiger partial charge is 0.323 e. The highest BCUT2D eigenvalue weighted by Gasteiger charge is 2.12. The van der Waals surface area contributed by atoms with Gasteiger partial charge in [0.2, 0.25) is 0 Å². The SMILES string of the molecule is COc1ccc(Cl)cc1NC(=O)Nc1ccc(-c2ccnc3[nH]nc(N)c23)cc1. The molecule has 146 valence electrons. The largest absolute Gasteiger partial charge is 0.495 e. The van der Waals surface area contributed by atoms with Crippen LogP contribution in [-0.2, 0) is 0 Å². The lowest BCUT2D eigenvalue weighted by atomic mass is 10.0. The Labute approximate surface area is 171 Å². The van der Waals surface area contributed by atoms with Gasteiger partial charge >= 0.3 is 6.03 Å². The Morgan fingerprint density at radius 1 is 1.14 bits per heavy atom. The van der Waals surface area contributed by atoms with Gasteiger partial charge in [0.1, 0.15) is 5.75 Å². The number of nitrogens with zero attached hydrogens (tertiary/aromatic N) is 2. The maximum atomic E-state index is 12.3. The van der Waals surface area contributed by atoms with Gasteiger partial charge in [0, 0.05) is 16.9 Å². The minimum Gasteiger partial charge on any atom is -0.495 e. The summed E-state index contributed by atoms with van der Waals surface area (Å²) in [6, 6.07) is 13.8. The van der Waals surface area contributed by atoms with Gasteiger partial charge in [-0.2, -0.15) is 5.10 Å². The number of aromatic amines is 1. The van der Waals surface area contributed by atoms with Crippen molar-refractivity contribution in [1.29, 1.82) is 0 Å². The number of hydrogen-bond acceptors (Lipinski definition) is 5. The van der Waals surface area contributed by atoms with E-state index >= 15 is 0 Å². The Balaban J connectivity index is 1.52. The van der Waals surface area contributed by atoms with Crippen molar-refractivity contribution in [2.45, 2.75) is 0 Å². The molecule has 9 heteroatoms. The molecule has 4 aromatic rings. The monoisotopic (exact) mass is 408 g/mol. The number of H-pyrrole nitrogens is 1. The predicted octanol–water partition coefficient (Wildman–Crippen LogP) is 4.51. The van der Waals surface area contributed by atoms with Crippen molar-refractivity contribution in [2.75, 3.05) is 23.5 Å². The molecule has 0 aliphatic carbocycles. The Hall–Kier alpha value is -3.78. The number of amides is 2. The number of nitrogens with two attached hydrogens (primary N) is 1. The molecule has 0 bridgehead atoms. The van der Waals surface area contributed by atoms with Crippen LogP contribution in [-0.4, -0.2) is 28.3 Å². The predicted molar refractivity (Wildman–Crippen MR) is 114 cm³/mol. The Morgan fingerprint density at radius 2 is 1.93 bits per heavy atom. The summed E-state index contributed by atoms with van der Waals surface area (Å²) in [4.78, 5) is 16.6. The van der Waals surface area contributed by atoms with E-state index in [0.29, 0.717) is 33.6 Å². The molecule has 0 aliphatic heterocycles. The summed E-state index contributed by atoms with van der Waals surface area (Å²) in [6.45, 7) is 0. The molecule has 0 fully saturated rings. The number of pyridine rings is 1. The van der Waals surface area contributed by atoms with Crippen LogP contribution in [0.2, 0.25) is 5.02 Å². The molecule has 2 aromatic carbocycles. The molecule has 0 unspecified atom stereocenters. The number of halogens is 1. The van der Waals surface area contributed by atoms with Gasteiger partial charge in [0.25, 0.3) is 0 Å². The number of hydrogen-bond donors (Lipinski definition) is 4. The zero-order valence-corrected chi connectivity index (χ0v) is 16.1. The standard InChI is InChI=1S/C20H17ClN6O2/c1-29-16-7-4-12(21)10-15(16)25-20(28)24-13-5-2-11(3-6-13)14-8-9-23-19-17(14)18(22)26-27-19/h2-10H,1H3,(H2,24,25,28)(H3,22,23,26,27). The summed E-state index contributed by atoms with van der Waals surface area (Å²) < 4.78 is 5.23. The second-order valence-electron chi connectivity index (χ2n) is 6.19. The molecule has 0 atom stereocenters. The third-order valence-electron chi connectivity index (χ3n) is 4.35. The fourth-order valence-electron chi connectivity index (χ4n) is 3.01. The third-order valence-corrected chi connectivity index (χ3v) is 4.59. The number of carbonyl (C=O) groups is 1. The van der Waals surface area contributed by atoms with Crippen LogP contribution in [0.25, 0.3) is 22.2 Å². The molecule has 5 N–H and O–H groups in total. The number of methoxy groups -OCH3 is 1. The number of anilines is 3. The van der Waals surface area contributed by atoms with Crippen LogP contribution in [0.4, 0.5) is 22.0 Å². The van der Waals surface area contributed by atoms with Crippen LogP contribution in [0.5, 0.6) is 5.75 Å². The van der Waals surface area contributed by atoms with Crippen LogP contribution < -0.4 is 21.1 Å². The summed E-state index contributed by atoms with van der Waals surface area (Å²) in [5, 5.41) is 13.6. The number of nitrogen functional groups attached to an aromatic ring is 1. The average molecular weight is 409 g/mol. The van der Waals surface area contributed by atoms with Crippen molar-refractivity contribution in [3.05, 3.63) is 59.8 Å². The van der Waals surface area contributed by atoms with E-state index in [9.17, 15) is 4.79 Å². The van der Waals surface area contributed by atoms with Crippen molar-refractivity contribution >= 4 is 45.9 Å². The average Bonchev–Trinajstić information content (AvgIpc) is 3.10. The molecule has 8 nitrogen and oxygen atoms in total. The number of rotatable bonds is 4. The number of urea groups is 1. The Morgan fingerprint density at radius 3 is 2.69 bits per heavy atom. The highest BCUT2D eigenvalue weighted by molar-refractivity contribution is 6.31. The van der Waals surface area contributed by atoms with E-state index < -0.39 is 6.03 Å². The molecule has 2 heterocycles. The third kappa shape index (κ3) is 3.78. The van der Waals surface area contributed by atoms with Crippen LogP contribution in [0, 0.1) is 0 Å². The fourth-order valence-corrected chi connectivity index (χ4v) is 3.18. The molecule has 0 spiro atoms. The van der Waals surface area contributed by atoms with Gasteiger partial charge in [-0.1, -0.05) is 23.7 Å². The number of nitrogens with one attached hydrogen (secondary N) is 3. The van der Waals surface area contributed by atoms with E-state index in [0.717, 1.165) is 16.5 Å². The molecule has 2 amide bonds. The summed E-state index contributed by atoms with van der Waals surface area (Å²) >= 11 is 5.99. The Kier molecular flexibility index (Phi) is 4.92. The minimum absolute atomic E-state index is 0.389. The van der Waals surface area contributed by atoms with E-state index in [1.54, 1.807) is 36.5 Å². The van der Waals surface area contributed by atoms with Gasteiger partial charge in [-0.15, -0.1) is 0 Å². The van der Waals surface area contributed by atoms with E-state index in [4.69, 9.17) is 22.1 Å². The second kappa shape index (κ2) is 7.69. The molecular weight excluding hydrogens is 392 g/mol. The number of fused-ring (bicyclic) bond motifs is 1. The van der Waals surface area contributed by atoms with Gasteiger partial charge in [-0.3, -0.25) is 5.10 Å². The molecule has 0 radical (unpaired) electrons. The number of ether oxygens (including phenoxy) is 1. The first-order chi connectivity index (χ1) is 14.0. The van der Waals surface area contributed by atoms with E-state index in [1.807, 2.05) is 18.2 Å². The van der Waals surface area contributed by atoms with Crippen molar-refractivity contribution in [1.82, 2.24) is 15.2 Å². The van der Waals surface area contributed by atoms with Crippen molar-refractivity contribution in [3.8, 4) is 16.9 Å². The summed E-state index contributed by atoms with van der Waals surface area (Å²) in [5.74, 6) is 0.902. The quantitative estimate of drug-likeness (QED) is 0.396. The van der Waals surface area contributed by atoms with Gasteiger partial charge in [-0.05, 0) is 47.5 Å². The highest BCUT2D eigenvalue weighted by Crippen LogP contribution is 2.31. The normalized spacial score (nSPS) is 10.7. The first-order valence-electron chi connectivity index (χ1n) is 8.65. The van der Waals surface area contributed by atoms with Crippen molar-refractivity contribution in [3.63, 3.8) is 0 Å². The highest BCUT2D eigenvalue weighted by atomic mass is 35.5. The lowest BCUT2D eigenvalue weighted by molar-refractivity contribution is 0.262. The first-order valence-corrected chi connectivity index (χ1v) is 9.03. The Bertz CT molecular complexity index is 1190. The molecule has 0 saturated heterocycles. The number of carbonyl (C=O) groups excluding carboxylic acids is 1. The maximum absolute atomic E-state index is 12.3. The molecule has 2 aromatic heterocycles. The van der Waals surface area contributed by atoms with Crippen LogP contribution in [0.1, 0.15) is 0 Å². The summed E-state index contributed by atoms with van der Waals surface area (Å²) in [7, 11) is 1.52. The van der Waals surface area contributed by atoms with Crippen LogP contribution >= 0.6 is 11.6 Å². The van der Waals surface area contributed by atoms with Gasteiger partial charge in [0.05, 0.1) is 18.2 Å². The lowest BCUT2D eigenvalue weighted by Crippen LogP contribution is -2.19. The van der Waals surface area contributed by atoms with Gasteiger partial charge in [0.15, 0.2) is 11.5 Å². The first kappa shape index (κ1) is 18.6. The number of benzene rings is 2. The topological polar surface area (TPSA) is 118 Å². The molecule has 4 rings (SSSR count). The molecular formula is C20H17ClN6O2. The molecule has 0 saturated carbocycles. The van der Waals surface area contributed by atoms with E-state index in [2.05, 4.69) is 25.8 Å². The lowest BCUT2D eigenvalue weighted by Gasteiger charge is -2.12. The van der Waals surface area contributed by atoms with Crippen molar-refractivity contribution < 1.29 is 9.53 Å². The van der Waals surface area contributed by atoms with Gasteiger partial charge in [-0.25, -0.2) is 9.78 Å². The summed E-state index contributed by atoms with van der Waals surface area (Å²) in [5.41, 5.74) is 9.50. The van der Waals surface area contributed by atoms with Crippen LogP contribution in [0.3, 0.4) is 0 Å². The fraction of sp³-hybridized carbons (Fsp3) is 0.0500. The van der Waals surface area contributed by atoms with E-state index in [-0.39, 0.29) is 0 Å². The number of aromatic nitrogens is 3. The second-order valence-corrected chi connectivity index (χ2v) is 6.63. The van der Waals surface area contributed by atoms with Crippen LogP contribution in [0.15, 0.2) is 54.7 Å². The molecule has 0 aliphatic rings. The zero-order chi connectivity index (χ0) is 20.4. The molecule has 29 heavy (non-hydrogen) atoms. The maximum Gasteiger partial charge on any atom is 0.323 e. The summed E-state index contributed by atoms with van der Waals surface area (Å²) in [6.07, 6.45) is 1.69. The minimum atomic E-state index is -0.413.